The zero-order valence-corrected chi connectivity index (χ0v) is 11.5. The van der Waals surface area contributed by atoms with Crippen molar-refractivity contribution in [3.63, 3.8) is 0 Å². The molecule has 1 N–H and O–H groups in total. The van der Waals surface area contributed by atoms with Crippen molar-refractivity contribution < 1.29 is 4.74 Å². The first-order valence-electron chi connectivity index (χ1n) is 6.43. The van der Waals surface area contributed by atoms with Crippen molar-refractivity contribution in [2.45, 2.75) is 46.2 Å². The molecule has 1 rings (SSSR count). The molecule has 0 aliphatic heterocycles. The molecule has 0 saturated heterocycles. The maximum absolute atomic E-state index is 5.10. The van der Waals surface area contributed by atoms with Crippen LogP contribution in [0.4, 0.5) is 0 Å². The zero-order chi connectivity index (χ0) is 12.7. The lowest BCUT2D eigenvalue weighted by atomic mass is 10.2. The summed E-state index contributed by atoms with van der Waals surface area (Å²) in [6.45, 7) is 9.18. The van der Waals surface area contributed by atoms with E-state index in [9.17, 15) is 0 Å². The highest BCUT2D eigenvalue weighted by atomic mass is 16.5. The molecule has 0 amide bonds. The molecule has 0 spiro atoms. The molecule has 0 bridgehead atoms. The molecule has 1 heterocycles. The Hall–Kier alpha value is -0.870. The van der Waals surface area contributed by atoms with E-state index in [4.69, 9.17) is 4.74 Å². The van der Waals surface area contributed by atoms with Crippen LogP contribution in [0.2, 0.25) is 0 Å². The highest BCUT2D eigenvalue weighted by Crippen LogP contribution is 2.13. The second-order valence-corrected chi connectivity index (χ2v) is 4.53. The minimum atomic E-state index is 0.397. The van der Waals surface area contributed by atoms with Gasteiger partial charge in [-0.1, -0.05) is 6.92 Å². The van der Waals surface area contributed by atoms with Gasteiger partial charge in [0.1, 0.15) is 0 Å². The van der Waals surface area contributed by atoms with Gasteiger partial charge in [-0.25, -0.2) is 0 Å². The van der Waals surface area contributed by atoms with E-state index in [0.29, 0.717) is 6.04 Å². The fourth-order valence-electron chi connectivity index (χ4n) is 1.74. The van der Waals surface area contributed by atoms with Crippen LogP contribution in [0.1, 0.15) is 44.0 Å². The van der Waals surface area contributed by atoms with Gasteiger partial charge in [0.15, 0.2) is 0 Å². The molecule has 1 atom stereocenters. The second kappa shape index (κ2) is 7.45. The Morgan fingerprint density at radius 2 is 2.29 bits per heavy atom. The van der Waals surface area contributed by atoms with E-state index >= 15 is 0 Å². The monoisotopic (exact) mass is 239 g/mol. The Labute approximate surface area is 104 Å². The third-order valence-corrected chi connectivity index (χ3v) is 2.95. The summed E-state index contributed by atoms with van der Waals surface area (Å²) in [7, 11) is 1.74. The van der Waals surface area contributed by atoms with E-state index < -0.39 is 0 Å². The van der Waals surface area contributed by atoms with Gasteiger partial charge in [0.25, 0.3) is 0 Å². The number of hydrogen-bond donors (Lipinski definition) is 1. The molecule has 0 aromatic carbocycles. The molecule has 17 heavy (non-hydrogen) atoms. The molecule has 98 valence electrons. The van der Waals surface area contributed by atoms with Crippen LogP contribution in [0.5, 0.6) is 0 Å². The van der Waals surface area contributed by atoms with Gasteiger partial charge in [0, 0.05) is 32.0 Å². The number of hydrogen-bond acceptors (Lipinski definition) is 3. The molecular formula is C13H25N3O. The lowest BCUT2D eigenvalue weighted by Gasteiger charge is -2.10. The van der Waals surface area contributed by atoms with E-state index in [0.717, 1.165) is 38.2 Å². The number of ether oxygens (including phenoxy) is 1. The zero-order valence-electron chi connectivity index (χ0n) is 11.5. The van der Waals surface area contributed by atoms with Gasteiger partial charge in [-0.3, -0.25) is 4.68 Å². The smallest absolute Gasteiger partial charge is 0.0638 e. The second-order valence-electron chi connectivity index (χ2n) is 4.53. The first-order chi connectivity index (χ1) is 8.19. The van der Waals surface area contributed by atoms with E-state index in [1.165, 1.54) is 5.56 Å². The molecule has 0 aliphatic rings. The number of aromatic nitrogens is 2. The summed E-state index contributed by atoms with van der Waals surface area (Å²) >= 11 is 0. The van der Waals surface area contributed by atoms with Crippen LogP contribution >= 0.6 is 0 Å². The van der Waals surface area contributed by atoms with Crippen molar-refractivity contribution in [1.82, 2.24) is 15.1 Å². The number of nitrogens with zero attached hydrogens (tertiary/aromatic N) is 2. The van der Waals surface area contributed by atoms with E-state index in [1.54, 1.807) is 7.11 Å². The molecular weight excluding hydrogens is 214 g/mol. The molecule has 4 nitrogen and oxygen atoms in total. The molecule has 0 fully saturated rings. The summed E-state index contributed by atoms with van der Waals surface area (Å²) in [6.07, 6.45) is 4.31. The van der Waals surface area contributed by atoms with Gasteiger partial charge in [-0.05, 0) is 33.2 Å². The SMILES string of the molecule is CCCNCc1cn(C(C)CCOC)nc1C. The summed E-state index contributed by atoms with van der Waals surface area (Å²) in [4.78, 5) is 0. The normalized spacial score (nSPS) is 12.9. The van der Waals surface area contributed by atoms with Gasteiger partial charge in [0.2, 0.25) is 0 Å². The number of nitrogens with one attached hydrogen (secondary N) is 1. The van der Waals surface area contributed by atoms with Gasteiger partial charge in [-0.2, -0.15) is 5.10 Å². The number of methoxy groups -OCH3 is 1. The maximum Gasteiger partial charge on any atom is 0.0638 e. The van der Waals surface area contributed by atoms with Crippen molar-refractivity contribution in [2.75, 3.05) is 20.3 Å². The lowest BCUT2D eigenvalue weighted by Crippen LogP contribution is -2.14. The lowest BCUT2D eigenvalue weighted by molar-refractivity contribution is 0.178. The van der Waals surface area contributed by atoms with E-state index in [1.807, 2.05) is 0 Å². The van der Waals surface area contributed by atoms with Crippen LogP contribution in [-0.2, 0) is 11.3 Å². The Bertz CT molecular complexity index is 322. The van der Waals surface area contributed by atoms with Gasteiger partial charge in [0.05, 0.1) is 11.7 Å². The first kappa shape index (κ1) is 14.2. The van der Waals surface area contributed by atoms with Crippen LogP contribution in [-0.4, -0.2) is 30.0 Å². The largest absolute Gasteiger partial charge is 0.385 e. The van der Waals surface area contributed by atoms with Crippen LogP contribution < -0.4 is 5.32 Å². The van der Waals surface area contributed by atoms with Crippen molar-refractivity contribution in [3.05, 3.63) is 17.5 Å². The minimum Gasteiger partial charge on any atom is -0.385 e. The quantitative estimate of drug-likeness (QED) is 0.707. The molecule has 1 aromatic rings. The van der Waals surface area contributed by atoms with Crippen LogP contribution in [0.25, 0.3) is 0 Å². The fraction of sp³-hybridized carbons (Fsp3) is 0.769. The third-order valence-electron chi connectivity index (χ3n) is 2.95. The molecule has 4 heteroatoms. The molecule has 0 aliphatic carbocycles. The first-order valence-corrected chi connectivity index (χ1v) is 6.43. The maximum atomic E-state index is 5.10. The summed E-state index contributed by atoms with van der Waals surface area (Å²) < 4.78 is 7.15. The average molecular weight is 239 g/mol. The fourth-order valence-corrected chi connectivity index (χ4v) is 1.74. The molecule has 1 aromatic heterocycles. The van der Waals surface area contributed by atoms with Crippen LogP contribution in [0, 0.1) is 6.92 Å². The van der Waals surface area contributed by atoms with Gasteiger partial charge >= 0.3 is 0 Å². The summed E-state index contributed by atoms with van der Waals surface area (Å²) in [5, 5.41) is 7.97. The van der Waals surface area contributed by atoms with Crippen molar-refractivity contribution in [3.8, 4) is 0 Å². The molecule has 0 radical (unpaired) electrons. The predicted octanol–water partition coefficient (Wildman–Crippen LogP) is 2.29. The highest BCUT2D eigenvalue weighted by molar-refractivity contribution is 5.15. The van der Waals surface area contributed by atoms with E-state index in [2.05, 4.69) is 42.1 Å². The van der Waals surface area contributed by atoms with Gasteiger partial charge in [-0.15, -0.1) is 0 Å². The molecule has 1 unspecified atom stereocenters. The van der Waals surface area contributed by atoms with Crippen molar-refractivity contribution in [2.24, 2.45) is 0 Å². The van der Waals surface area contributed by atoms with Crippen molar-refractivity contribution >= 4 is 0 Å². The summed E-state index contributed by atoms with van der Waals surface area (Å²) in [6, 6.07) is 0.397. The number of rotatable bonds is 8. The van der Waals surface area contributed by atoms with Crippen molar-refractivity contribution in [1.29, 1.82) is 0 Å². The van der Waals surface area contributed by atoms with Gasteiger partial charge < -0.3 is 10.1 Å². The Morgan fingerprint density at radius 3 is 2.94 bits per heavy atom. The van der Waals surface area contributed by atoms with Crippen LogP contribution in [0.15, 0.2) is 6.20 Å². The topological polar surface area (TPSA) is 39.1 Å². The Kier molecular flexibility index (Phi) is 6.22. The highest BCUT2D eigenvalue weighted by Gasteiger charge is 2.09. The summed E-state index contributed by atoms with van der Waals surface area (Å²) in [5.74, 6) is 0. The summed E-state index contributed by atoms with van der Waals surface area (Å²) in [5.41, 5.74) is 2.42. The average Bonchev–Trinajstić information content (AvgIpc) is 2.68. The third kappa shape index (κ3) is 4.48. The van der Waals surface area contributed by atoms with E-state index in [-0.39, 0.29) is 0 Å². The predicted molar refractivity (Wildman–Crippen MR) is 70.2 cm³/mol. The standard InChI is InChI=1S/C13H25N3O/c1-5-7-14-9-13-10-16(15-12(13)3)11(2)6-8-17-4/h10-11,14H,5-9H2,1-4H3. The van der Waals surface area contributed by atoms with Crippen LogP contribution in [0.3, 0.4) is 0 Å². The Morgan fingerprint density at radius 1 is 1.53 bits per heavy atom. The Balaban J connectivity index is 2.54. The number of aryl methyl sites for hydroxylation is 1. The minimum absolute atomic E-state index is 0.397. The molecule has 0 saturated carbocycles.